The van der Waals surface area contributed by atoms with Crippen LogP contribution in [-0.2, 0) is 0 Å². The summed E-state index contributed by atoms with van der Waals surface area (Å²) in [6.07, 6.45) is 0. The zero-order valence-corrected chi connectivity index (χ0v) is 13.7. The molecule has 0 aromatic heterocycles. The quantitative estimate of drug-likeness (QED) is 0.328. The van der Waals surface area contributed by atoms with E-state index in [9.17, 15) is 25.0 Å². The summed E-state index contributed by atoms with van der Waals surface area (Å²) in [6, 6.07) is 7.20. The van der Waals surface area contributed by atoms with Crippen LogP contribution in [0.5, 0.6) is 11.5 Å². The number of nitrogens with zero attached hydrogens (tertiary/aromatic N) is 2. The summed E-state index contributed by atoms with van der Waals surface area (Å²) in [5.41, 5.74) is -0.686. The van der Waals surface area contributed by atoms with Crippen molar-refractivity contribution >= 4 is 33.3 Å². The van der Waals surface area contributed by atoms with Gasteiger partial charge in [-0.15, -0.1) is 0 Å². The molecule has 0 aliphatic rings. The molecule has 0 saturated carbocycles. The maximum atomic E-state index is 12.2. The molecule has 0 radical (unpaired) electrons. The van der Waals surface area contributed by atoms with E-state index in [2.05, 4.69) is 15.9 Å². The first-order valence-corrected chi connectivity index (χ1v) is 7.11. The number of esters is 1. The van der Waals surface area contributed by atoms with Gasteiger partial charge in [0, 0.05) is 12.1 Å². The third-order valence-corrected chi connectivity index (χ3v) is 3.61. The third kappa shape index (κ3) is 3.66. The van der Waals surface area contributed by atoms with E-state index in [0.717, 1.165) is 12.1 Å². The van der Waals surface area contributed by atoms with E-state index in [1.165, 1.54) is 31.4 Å². The molecule has 2 aromatic carbocycles. The maximum absolute atomic E-state index is 12.2. The second-order valence-corrected chi connectivity index (χ2v) is 5.26. The summed E-state index contributed by atoms with van der Waals surface area (Å²) in [5.74, 6) is -0.966. The van der Waals surface area contributed by atoms with Crippen LogP contribution in [0.15, 0.2) is 40.9 Å². The molecule has 24 heavy (non-hydrogen) atoms. The van der Waals surface area contributed by atoms with Crippen LogP contribution in [0.2, 0.25) is 0 Å². The molecule has 0 fully saturated rings. The van der Waals surface area contributed by atoms with Crippen molar-refractivity contribution in [2.75, 3.05) is 7.11 Å². The molecule has 0 amide bonds. The molecule has 0 aliphatic heterocycles. The zero-order valence-electron chi connectivity index (χ0n) is 12.1. The Kier molecular flexibility index (Phi) is 5.09. The number of nitro groups is 2. The molecule has 2 rings (SSSR count). The second kappa shape index (κ2) is 7.04. The number of carbonyl (C=O) groups is 1. The van der Waals surface area contributed by atoms with Crippen LogP contribution in [0.3, 0.4) is 0 Å². The van der Waals surface area contributed by atoms with E-state index >= 15 is 0 Å². The molecule has 10 heteroatoms. The summed E-state index contributed by atoms with van der Waals surface area (Å²) in [4.78, 5) is 32.6. The highest BCUT2D eigenvalue weighted by molar-refractivity contribution is 9.10. The van der Waals surface area contributed by atoms with Gasteiger partial charge in [-0.2, -0.15) is 0 Å². The lowest BCUT2D eigenvalue weighted by atomic mass is 10.2. The van der Waals surface area contributed by atoms with Gasteiger partial charge in [-0.3, -0.25) is 20.2 Å². The van der Waals surface area contributed by atoms with E-state index in [0.29, 0.717) is 0 Å². The van der Waals surface area contributed by atoms with Crippen molar-refractivity contribution in [2.24, 2.45) is 0 Å². The predicted octanol–water partition coefficient (Wildman–Crippen LogP) is 3.49. The summed E-state index contributed by atoms with van der Waals surface area (Å²) < 4.78 is 10.3. The molecule has 124 valence electrons. The zero-order chi connectivity index (χ0) is 17.9. The van der Waals surface area contributed by atoms with Crippen LogP contribution in [0.4, 0.5) is 11.4 Å². The van der Waals surface area contributed by atoms with Crippen LogP contribution >= 0.6 is 15.9 Å². The van der Waals surface area contributed by atoms with Gasteiger partial charge in [-0.1, -0.05) is 0 Å². The molecule has 0 bridgehead atoms. The van der Waals surface area contributed by atoms with Crippen molar-refractivity contribution in [1.82, 2.24) is 0 Å². The van der Waals surface area contributed by atoms with Gasteiger partial charge in [-0.25, -0.2) is 4.79 Å². The van der Waals surface area contributed by atoms with Crippen molar-refractivity contribution in [3.05, 3.63) is 66.7 Å². The maximum Gasteiger partial charge on any atom is 0.343 e. The SMILES string of the molecule is COc1ccc([N+](=O)[O-])cc1OC(=O)c1ccc(Br)c([N+](=O)[O-])c1. The minimum absolute atomic E-state index is 0.0848. The van der Waals surface area contributed by atoms with Gasteiger partial charge in [0.1, 0.15) is 0 Å². The lowest BCUT2D eigenvalue weighted by Gasteiger charge is -2.09. The first-order valence-electron chi connectivity index (χ1n) is 6.32. The molecule has 0 aliphatic carbocycles. The first-order chi connectivity index (χ1) is 11.3. The number of non-ortho nitro benzene ring substituents is 1. The fourth-order valence-corrected chi connectivity index (χ4v) is 2.19. The van der Waals surface area contributed by atoms with E-state index in [1.807, 2.05) is 0 Å². The monoisotopic (exact) mass is 396 g/mol. The topological polar surface area (TPSA) is 122 Å². The number of ether oxygens (including phenoxy) is 2. The minimum atomic E-state index is -0.913. The van der Waals surface area contributed by atoms with E-state index in [4.69, 9.17) is 9.47 Å². The van der Waals surface area contributed by atoms with Crippen LogP contribution in [0.1, 0.15) is 10.4 Å². The lowest BCUT2D eigenvalue weighted by Crippen LogP contribution is -2.10. The fraction of sp³-hybridized carbons (Fsp3) is 0.0714. The number of hydrogen-bond donors (Lipinski definition) is 0. The predicted molar refractivity (Wildman–Crippen MR) is 85.4 cm³/mol. The molecule has 0 N–H and O–H groups in total. The largest absolute Gasteiger partial charge is 0.493 e. The molecule has 0 spiro atoms. The smallest absolute Gasteiger partial charge is 0.343 e. The number of benzene rings is 2. The Bertz CT molecular complexity index is 838. The van der Waals surface area contributed by atoms with Gasteiger partial charge in [-0.05, 0) is 34.1 Å². The van der Waals surface area contributed by atoms with Gasteiger partial charge in [0.15, 0.2) is 11.5 Å². The van der Waals surface area contributed by atoms with Crippen LogP contribution < -0.4 is 9.47 Å². The highest BCUT2D eigenvalue weighted by atomic mass is 79.9. The Labute approximate surface area is 143 Å². The summed E-state index contributed by atoms with van der Waals surface area (Å²) >= 11 is 3.01. The average molecular weight is 397 g/mol. The van der Waals surface area contributed by atoms with Gasteiger partial charge in [0.05, 0.1) is 33.1 Å². The van der Waals surface area contributed by atoms with Crippen LogP contribution in [0, 0.1) is 20.2 Å². The first kappa shape index (κ1) is 17.3. The molecule has 0 heterocycles. The molecule has 9 nitrogen and oxygen atoms in total. The van der Waals surface area contributed by atoms with Crippen molar-refractivity contribution in [1.29, 1.82) is 0 Å². The van der Waals surface area contributed by atoms with Crippen LogP contribution in [-0.4, -0.2) is 22.9 Å². The third-order valence-electron chi connectivity index (χ3n) is 2.94. The van der Waals surface area contributed by atoms with Crippen molar-refractivity contribution in [2.45, 2.75) is 0 Å². The molecule has 2 aromatic rings. The molecule has 0 saturated heterocycles. The number of halogens is 1. The highest BCUT2D eigenvalue weighted by Gasteiger charge is 2.20. The summed E-state index contributed by atoms with van der Waals surface area (Å²) in [6.45, 7) is 0. The highest BCUT2D eigenvalue weighted by Crippen LogP contribution is 2.32. The number of methoxy groups -OCH3 is 1. The molecule has 0 atom stereocenters. The van der Waals surface area contributed by atoms with Gasteiger partial charge in [0.25, 0.3) is 11.4 Å². The number of rotatable bonds is 5. The van der Waals surface area contributed by atoms with E-state index in [-0.39, 0.29) is 32.9 Å². The normalized spacial score (nSPS) is 10.1. The van der Waals surface area contributed by atoms with Gasteiger partial charge in [0.2, 0.25) is 0 Å². The van der Waals surface area contributed by atoms with Crippen molar-refractivity contribution < 1.29 is 24.1 Å². The molecular formula is C14H9BrN2O7. The molecule has 0 unspecified atom stereocenters. The Balaban J connectivity index is 2.36. The fourth-order valence-electron chi connectivity index (χ4n) is 1.80. The summed E-state index contributed by atoms with van der Waals surface area (Å²) in [5, 5.41) is 21.7. The average Bonchev–Trinajstić information content (AvgIpc) is 2.54. The second-order valence-electron chi connectivity index (χ2n) is 4.41. The van der Waals surface area contributed by atoms with Crippen LogP contribution in [0.25, 0.3) is 0 Å². The Morgan fingerprint density at radius 3 is 2.33 bits per heavy atom. The number of nitro benzene ring substituents is 2. The minimum Gasteiger partial charge on any atom is -0.493 e. The van der Waals surface area contributed by atoms with Gasteiger partial charge < -0.3 is 9.47 Å². The van der Waals surface area contributed by atoms with Crippen molar-refractivity contribution in [3.63, 3.8) is 0 Å². The standard InChI is InChI=1S/C14H9BrN2O7/c1-23-12-5-3-9(16(19)20)7-13(12)24-14(18)8-2-4-10(15)11(6-8)17(21)22/h2-7H,1H3. The van der Waals surface area contributed by atoms with E-state index < -0.39 is 15.8 Å². The van der Waals surface area contributed by atoms with Gasteiger partial charge >= 0.3 is 5.97 Å². The Morgan fingerprint density at radius 1 is 1.04 bits per heavy atom. The Hall–Kier alpha value is -3.01. The number of carbonyl (C=O) groups excluding carboxylic acids is 1. The van der Waals surface area contributed by atoms with Crippen molar-refractivity contribution in [3.8, 4) is 11.5 Å². The molecular weight excluding hydrogens is 388 g/mol. The Morgan fingerprint density at radius 2 is 1.75 bits per heavy atom. The number of hydrogen-bond acceptors (Lipinski definition) is 7. The van der Waals surface area contributed by atoms with E-state index in [1.54, 1.807) is 0 Å². The lowest BCUT2D eigenvalue weighted by molar-refractivity contribution is -0.385. The summed E-state index contributed by atoms with van der Waals surface area (Å²) in [7, 11) is 1.31.